The van der Waals surface area contributed by atoms with Gasteiger partial charge in [0.2, 0.25) is 0 Å². The summed E-state index contributed by atoms with van der Waals surface area (Å²) in [5.74, 6) is 0. The highest BCUT2D eigenvalue weighted by atomic mass is 79.9. The van der Waals surface area contributed by atoms with Crippen molar-refractivity contribution in [3.05, 3.63) is 28.1 Å². The number of aromatic nitrogens is 1. The molecule has 2 aromatic rings. The summed E-state index contributed by atoms with van der Waals surface area (Å²) >= 11 is 3.50. The molecule has 2 nitrogen and oxygen atoms in total. The number of fused-ring (bicyclic) bond motifs is 1. The van der Waals surface area contributed by atoms with Crippen molar-refractivity contribution in [2.75, 3.05) is 0 Å². The zero-order valence-corrected chi connectivity index (χ0v) is 8.47. The molecule has 0 amide bonds. The highest BCUT2D eigenvalue weighted by molar-refractivity contribution is 9.10. The van der Waals surface area contributed by atoms with Crippen molar-refractivity contribution in [1.29, 1.82) is 0 Å². The lowest BCUT2D eigenvalue weighted by atomic mass is 10.1. The van der Waals surface area contributed by atoms with Gasteiger partial charge in [-0.1, -0.05) is 15.9 Å². The molecule has 1 aromatic carbocycles. The molecule has 0 bridgehead atoms. The van der Waals surface area contributed by atoms with Crippen LogP contribution in [0.4, 0.5) is 0 Å². The Morgan fingerprint density at radius 2 is 2.17 bits per heavy atom. The van der Waals surface area contributed by atoms with Crippen LogP contribution in [0.25, 0.3) is 11.1 Å². The van der Waals surface area contributed by atoms with Gasteiger partial charge in [0.05, 0.1) is 0 Å². The normalized spacial score (nSPS) is 10.9. The monoisotopic (exact) mass is 225 g/mol. The first-order chi connectivity index (χ1) is 5.70. The molecule has 0 aliphatic carbocycles. The second-order valence-corrected chi connectivity index (χ2v) is 3.62. The van der Waals surface area contributed by atoms with E-state index in [-0.39, 0.29) is 0 Å². The molecule has 0 N–H and O–H groups in total. The average molecular weight is 226 g/mol. The summed E-state index contributed by atoms with van der Waals surface area (Å²) in [4.78, 5) is 4.12. The lowest BCUT2D eigenvalue weighted by Crippen LogP contribution is -1.83. The smallest absolute Gasteiger partial charge is 0.181 e. The van der Waals surface area contributed by atoms with Gasteiger partial charge in [-0.15, -0.1) is 0 Å². The van der Waals surface area contributed by atoms with Crippen LogP contribution in [0.15, 0.2) is 21.3 Å². The molecule has 0 saturated carbocycles. The summed E-state index contributed by atoms with van der Waals surface area (Å²) in [6.07, 6.45) is 1.48. The molecule has 1 heterocycles. The minimum Gasteiger partial charge on any atom is -0.443 e. The van der Waals surface area contributed by atoms with Gasteiger partial charge in [0.25, 0.3) is 0 Å². The lowest BCUT2D eigenvalue weighted by Gasteiger charge is -2.01. The number of halogens is 1. The molecule has 1 aromatic heterocycles. The molecular formula is C9H8BrNO. The Balaban J connectivity index is 2.94. The van der Waals surface area contributed by atoms with Crippen LogP contribution in [-0.2, 0) is 0 Å². The molecule has 0 radical (unpaired) electrons. The first kappa shape index (κ1) is 7.80. The Kier molecular flexibility index (Phi) is 1.68. The number of aryl methyl sites for hydroxylation is 2. The molecule has 0 spiro atoms. The molecule has 0 aliphatic heterocycles. The molecule has 62 valence electrons. The fourth-order valence-corrected chi connectivity index (χ4v) is 1.60. The number of rotatable bonds is 0. The highest BCUT2D eigenvalue weighted by Crippen LogP contribution is 2.27. The Hall–Kier alpha value is -0.830. The zero-order valence-electron chi connectivity index (χ0n) is 6.89. The van der Waals surface area contributed by atoms with Crippen molar-refractivity contribution in [3.8, 4) is 0 Å². The summed E-state index contributed by atoms with van der Waals surface area (Å²) in [6.45, 7) is 4.07. The van der Waals surface area contributed by atoms with Crippen LogP contribution in [-0.4, -0.2) is 4.98 Å². The van der Waals surface area contributed by atoms with Crippen molar-refractivity contribution in [3.63, 3.8) is 0 Å². The molecule has 3 heteroatoms. The summed E-state index contributed by atoms with van der Waals surface area (Å²) in [7, 11) is 0. The third-order valence-electron chi connectivity index (χ3n) is 1.97. The average Bonchev–Trinajstić information content (AvgIpc) is 2.48. The predicted molar refractivity (Wildman–Crippen MR) is 51.2 cm³/mol. The molecule has 0 unspecified atom stereocenters. The maximum atomic E-state index is 5.20. The number of oxazole rings is 1. The highest BCUT2D eigenvalue weighted by Gasteiger charge is 2.07. The van der Waals surface area contributed by atoms with Crippen molar-refractivity contribution in [2.24, 2.45) is 0 Å². The third-order valence-corrected chi connectivity index (χ3v) is 3.19. The number of hydrogen-bond donors (Lipinski definition) is 0. The molecule has 0 fully saturated rings. The zero-order chi connectivity index (χ0) is 8.72. The van der Waals surface area contributed by atoms with Gasteiger partial charge in [0.15, 0.2) is 12.0 Å². The number of nitrogens with zero attached hydrogens (tertiary/aromatic N) is 1. The molecule has 0 saturated heterocycles. The molecule has 2 rings (SSSR count). The fraction of sp³-hybridized carbons (Fsp3) is 0.222. The van der Waals surface area contributed by atoms with E-state index in [1.165, 1.54) is 12.0 Å². The molecule has 12 heavy (non-hydrogen) atoms. The Labute approximate surface area is 78.7 Å². The van der Waals surface area contributed by atoms with Crippen LogP contribution in [0, 0.1) is 13.8 Å². The van der Waals surface area contributed by atoms with Crippen LogP contribution in [0.2, 0.25) is 0 Å². The van der Waals surface area contributed by atoms with E-state index in [9.17, 15) is 0 Å². The Morgan fingerprint density at radius 1 is 1.42 bits per heavy atom. The first-order valence-electron chi connectivity index (χ1n) is 3.69. The quantitative estimate of drug-likeness (QED) is 0.689. The van der Waals surface area contributed by atoms with Crippen molar-refractivity contribution >= 4 is 27.0 Å². The van der Waals surface area contributed by atoms with E-state index >= 15 is 0 Å². The van der Waals surface area contributed by atoms with E-state index in [0.717, 1.165) is 21.1 Å². The topological polar surface area (TPSA) is 26.0 Å². The second kappa shape index (κ2) is 2.59. The summed E-state index contributed by atoms with van der Waals surface area (Å²) in [5, 5.41) is 0. The van der Waals surface area contributed by atoms with Gasteiger partial charge >= 0.3 is 0 Å². The van der Waals surface area contributed by atoms with Gasteiger partial charge in [0.1, 0.15) is 5.52 Å². The van der Waals surface area contributed by atoms with Gasteiger partial charge in [0, 0.05) is 4.47 Å². The minimum atomic E-state index is 0.855. The van der Waals surface area contributed by atoms with E-state index in [4.69, 9.17) is 4.42 Å². The van der Waals surface area contributed by atoms with Crippen LogP contribution in [0.1, 0.15) is 11.1 Å². The lowest BCUT2D eigenvalue weighted by molar-refractivity contribution is 0.602. The van der Waals surface area contributed by atoms with Gasteiger partial charge in [-0.3, -0.25) is 0 Å². The van der Waals surface area contributed by atoms with E-state index in [1.807, 2.05) is 19.9 Å². The fourth-order valence-electron chi connectivity index (χ4n) is 1.30. The SMILES string of the molecule is Cc1cc2ocnc2c(C)c1Br. The number of benzene rings is 1. The van der Waals surface area contributed by atoms with Gasteiger partial charge in [-0.2, -0.15) is 0 Å². The standard InChI is InChI=1S/C9H8BrNO/c1-5-3-7-9(11-4-12-7)6(2)8(5)10/h3-4H,1-2H3. The van der Waals surface area contributed by atoms with Crippen molar-refractivity contribution in [1.82, 2.24) is 4.98 Å². The van der Waals surface area contributed by atoms with E-state index in [2.05, 4.69) is 20.9 Å². The van der Waals surface area contributed by atoms with Gasteiger partial charge in [-0.25, -0.2) is 4.98 Å². The second-order valence-electron chi connectivity index (χ2n) is 2.83. The number of hydrogen-bond acceptors (Lipinski definition) is 2. The maximum Gasteiger partial charge on any atom is 0.181 e. The summed E-state index contributed by atoms with van der Waals surface area (Å²) < 4.78 is 6.32. The van der Waals surface area contributed by atoms with Crippen molar-refractivity contribution < 1.29 is 4.42 Å². The van der Waals surface area contributed by atoms with Crippen LogP contribution in [0.3, 0.4) is 0 Å². The predicted octanol–water partition coefficient (Wildman–Crippen LogP) is 3.21. The van der Waals surface area contributed by atoms with Crippen LogP contribution >= 0.6 is 15.9 Å². The Bertz CT molecular complexity index is 433. The van der Waals surface area contributed by atoms with E-state index < -0.39 is 0 Å². The van der Waals surface area contributed by atoms with Crippen molar-refractivity contribution in [2.45, 2.75) is 13.8 Å². The van der Waals surface area contributed by atoms with Gasteiger partial charge in [-0.05, 0) is 31.0 Å². The van der Waals surface area contributed by atoms with Gasteiger partial charge < -0.3 is 4.42 Å². The van der Waals surface area contributed by atoms with Crippen LogP contribution < -0.4 is 0 Å². The van der Waals surface area contributed by atoms with Crippen LogP contribution in [0.5, 0.6) is 0 Å². The largest absolute Gasteiger partial charge is 0.443 e. The first-order valence-corrected chi connectivity index (χ1v) is 4.48. The summed E-state index contributed by atoms with van der Waals surface area (Å²) in [5.41, 5.74) is 4.11. The maximum absolute atomic E-state index is 5.20. The minimum absolute atomic E-state index is 0.855. The Morgan fingerprint density at radius 3 is 2.92 bits per heavy atom. The van der Waals surface area contributed by atoms with E-state index in [1.54, 1.807) is 0 Å². The summed E-state index contributed by atoms with van der Waals surface area (Å²) in [6, 6.07) is 1.99. The molecule has 0 atom stereocenters. The molecular weight excluding hydrogens is 218 g/mol. The molecule has 0 aliphatic rings. The third kappa shape index (κ3) is 0.966. The van der Waals surface area contributed by atoms with E-state index in [0.29, 0.717) is 0 Å².